The minimum Gasteiger partial charge on any atom is -0.368 e. The van der Waals surface area contributed by atoms with E-state index in [1.165, 1.54) is 4.90 Å². The van der Waals surface area contributed by atoms with Gasteiger partial charge in [-0.1, -0.05) is 19.1 Å². The van der Waals surface area contributed by atoms with Gasteiger partial charge in [0.2, 0.25) is 5.95 Å². The Balaban J connectivity index is 2.27. The van der Waals surface area contributed by atoms with Crippen LogP contribution in [-0.4, -0.2) is 15.7 Å². The van der Waals surface area contributed by atoms with Crippen molar-refractivity contribution in [2.75, 3.05) is 11.5 Å². The van der Waals surface area contributed by atoms with Gasteiger partial charge in [-0.25, -0.2) is 9.97 Å². The van der Waals surface area contributed by atoms with Gasteiger partial charge in [-0.3, -0.25) is 0 Å². The van der Waals surface area contributed by atoms with Gasteiger partial charge in [0.15, 0.2) is 0 Å². The van der Waals surface area contributed by atoms with Gasteiger partial charge in [0.1, 0.15) is 0 Å². The average molecular weight is 231 g/mol. The van der Waals surface area contributed by atoms with Crippen LogP contribution in [0.2, 0.25) is 0 Å². The fraction of sp³-hybridized carbons (Fsp3) is 0.167. The van der Waals surface area contributed by atoms with Crippen LogP contribution in [0.25, 0.3) is 11.3 Å². The fourth-order valence-electron chi connectivity index (χ4n) is 1.42. The predicted octanol–water partition coefficient (Wildman–Crippen LogP) is 2.84. The van der Waals surface area contributed by atoms with Crippen LogP contribution in [0.1, 0.15) is 6.92 Å². The number of hydrogen-bond donors (Lipinski definition) is 1. The number of hydrogen-bond acceptors (Lipinski definition) is 4. The highest BCUT2D eigenvalue weighted by atomic mass is 32.2. The number of nitrogens with zero attached hydrogens (tertiary/aromatic N) is 2. The van der Waals surface area contributed by atoms with Crippen LogP contribution in [0.4, 0.5) is 5.95 Å². The van der Waals surface area contributed by atoms with Crippen LogP contribution < -0.4 is 5.73 Å². The molecule has 0 atom stereocenters. The summed E-state index contributed by atoms with van der Waals surface area (Å²) < 4.78 is 0. The molecule has 2 aromatic rings. The van der Waals surface area contributed by atoms with E-state index in [1.807, 2.05) is 17.8 Å². The number of aromatic nitrogens is 2. The van der Waals surface area contributed by atoms with Crippen LogP contribution in [-0.2, 0) is 0 Å². The number of rotatable bonds is 3. The second kappa shape index (κ2) is 4.99. The Hall–Kier alpha value is -1.55. The smallest absolute Gasteiger partial charge is 0.220 e. The van der Waals surface area contributed by atoms with E-state index in [0.29, 0.717) is 5.95 Å². The van der Waals surface area contributed by atoms with Gasteiger partial charge in [-0.05, 0) is 24.0 Å². The Morgan fingerprint density at radius 3 is 2.56 bits per heavy atom. The van der Waals surface area contributed by atoms with E-state index < -0.39 is 0 Å². The second-order valence-electron chi connectivity index (χ2n) is 3.26. The molecule has 1 aromatic carbocycles. The largest absolute Gasteiger partial charge is 0.368 e. The van der Waals surface area contributed by atoms with Crippen molar-refractivity contribution in [3.05, 3.63) is 36.5 Å². The molecule has 0 fully saturated rings. The minimum atomic E-state index is 0.310. The molecule has 0 aliphatic carbocycles. The van der Waals surface area contributed by atoms with E-state index in [0.717, 1.165) is 17.0 Å². The first-order valence-electron chi connectivity index (χ1n) is 5.11. The number of anilines is 1. The van der Waals surface area contributed by atoms with Crippen molar-refractivity contribution in [3.63, 3.8) is 0 Å². The Morgan fingerprint density at radius 2 is 1.94 bits per heavy atom. The summed E-state index contributed by atoms with van der Waals surface area (Å²) in [7, 11) is 0. The first-order valence-corrected chi connectivity index (χ1v) is 6.10. The van der Waals surface area contributed by atoms with Gasteiger partial charge in [0.05, 0.1) is 5.69 Å². The zero-order valence-corrected chi connectivity index (χ0v) is 9.87. The third kappa shape index (κ3) is 2.52. The van der Waals surface area contributed by atoms with Gasteiger partial charge < -0.3 is 5.73 Å². The van der Waals surface area contributed by atoms with Crippen molar-refractivity contribution in [2.45, 2.75) is 11.8 Å². The molecule has 0 radical (unpaired) electrons. The molecule has 82 valence electrons. The number of nitrogen functional groups attached to an aromatic ring is 1. The van der Waals surface area contributed by atoms with Crippen LogP contribution in [0.15, 0.2) is 41.4 Å². The molecule has 16 heavy (non-hydrogen) atoms. The van der Waals surface area contributed by atoms with Crippen molar-refractivity contribution in [3.8, 4) is 11.3 Å². The highest BCUT2D eigenvalue weighted by Crippen LogP contribution is 2.22. The van der Waals surface area contributed by atoms with E-state index in [2.05, 4.69) is 41.2 Å². The lowest BCUT2D eigenvalue weighted by Crippen LogP contribution is -1.94. The maximum atomic E-state index is 5.55. The van der Waals surface area contributed by atoms with Crippen molar-refractivity contribution in [2.24, 2.45) is 0 Å². The van der Waals surface area contributed by atoms with E-state index in [1.54, 1.807) is 6.20 Å². The molecule has 0 bridgehead atoms. The van der Waals surface area contributed by atoms with Crippen LogP contribution in [0.3, 0.4) is 0 Å². The van der Waals surface area contributed by atoms with Gasteiger partial charge in [-0.2, -0.15) is 0 Å². The van der Waals surface area contributed by atoms with E-state index in [4.69, 9.17) is 5.73 Å². The molecule has 3 nitrogen and oxygen atoms in total. The summed E-state index contributed by atoms with van der Waals surface area (Å²) >= 11 is 1.82. The molecule has 0 spiro atoms. The Morgan fingerprint density at radius 1 is 1.19 bits per heavy atom. The zero-order chi connectivity index (χ0) is 11.4. The monoisotopic (exact) mass is 231 g/mol. The molecule has 1 aromatic heterocycles. The third-order valence-corrected chi connectivity index (χ3v) is 3.03. The van der Waals surface area contributed by atoms with Gasteiger partial charge >= 0.3 is 0 Å². The maximum Gasteiger partial charge on any atom is 0.220 e. The summed E-state index contributed by atoms with van der Waals surface area (Å²) in [6.07, 6.45) is 1.67. The molecule has 1 heterocycles. The van der Waals surface area contributed by atoms with Crippen molar-refractivity contribution in [1.82, 2.24) is 9.97 Å². The van der Waals surface area contributed by atoms with Gasteiger partial charge in [0.25, 0.3) is 0 Å². The van der Waals surface area contributed by atoms with Crippen LogP contribution in [0, 0.1) is 0 Å². The molecule has 0 amide bonds. The fourth-order valence-corrected chi connectivity index (χ4v) is 2.09. The van der Waals surface area contributed by atoms with Crippen LogP contribution >= 0.6 is 11.8 Å². The number of thioether (sulfide) groups is 1. The molecular formula is C12H13N3S. The number of benzene rings is 1. The summed E-state index contributed by atoms with van der Waals surface area (Å²) in [5.74, 6) is 1.39. The third-order valence-electron chi connectivity index (χ3n) is 2.14. The molecule has 0 aliphatic rings. The SMILES string of the molecule is CCSc1ccc(-c2ccnc(N)n2)cc1. The lowest BCUT2D eigenvalue weighted by molar-refractivity contribution is 1.19. The molecule has 4 heteroatoms. The Bertz CT molecular complexity index is 468. The Labute approximate surface area is 99.1 Å². The summed E-state index contributed by atoms with van der Waals surface area (Å²) in [4.78, 5) is 9.33. The van der Waals surface area contributed by atoms with Gasteiger partial charge in [-0.15, -0.1) is 11.8 Å². The second-order valence-corrected chi connectivity index (χ2v) is 4.59. The standard InChI is InChI=1S/C12H13N3S/c1-2-16-10-5-3-9(4-6-10)11-7-8-14-12(13)15-11/h3-8H,2H2,1H3,(H2,13,14,15). The summed E-state index contributed by atoms with van der Waals surface area (Å²) in [6, 6.07) is 10.2. The molecule has 2 rings (SSSR count). The van der Waals surface area contributed by atoms with Crippen molar-refractivity contribution < 1.29 is 0 Å². The summed E-state index contributed by atoms with van der Waals surface area (Å²) in [6.45, 7) is 2.14. The van der Waals surface area contributed by atoms with E-state index >= 15 is 0 Å². The molecule has 0 saturated carbocycles. The van der Waals surface area contributed by atoms with Gasteiger partial charge in [0, 0.05) is 16.7 Å². The first kappa shape index (κ1) is 11.0. The molecule has 2 N–H and O–H groups in total. The summed E-state index contributed by atoms with van der Waals surface area (Å²) in [5, 5.41) is 0. The minimum absolute atomic E-state index is 0.310. The number of nitrogens with two attached hydrogens (primary N) is 1. The predicted molar refractivity (Wildman–Crippen MR) is 68.3 cm³/mol. The topological polar surface area (TPSA) is 51.8 Å². The van der Waals surface area contributed by atoms with E-state index in [9.17, 15) is 0 Å². The zero-order valence-electron chi connectivity index (χ0n) is 9.05. The maximum absolute atomic E-state index is 5.55. The quantitative estimate of drug-likeness (QED) is 0.825. The van der Waals surface area contributed by atoms with Crippen molar-refractivity contribution in [1.29, 1.82) is 0 Å². The summed E-state index contributed by atoms with van der Waals surface area (Å²) in [5.41, 5.74) is 7.47. The molecule has 0 saturated heterocycles. The molecule has 0 aliphatic heterocycles. The lowest BCUT2D eigenvalue weighted by Gasteiger charge is -2.03. The van der Waals surface area contributed by atoms with Crippen LogP contribution in [0.5, 0.6) is 0 Å². The first-order chi connectivity index (χ1) is 7.79. The average Bonchev–Trinajstić information content (AvgIpc) is 2.30. The highest BCUT2D eigenvalue weighted by Gasteiger charge is 2.00. The Kier molecular flexibility index (Phi) is 3.41. The molecule has 0 unspecified atom stereocenters. The lowest BCUT2D eigenvalue weighted by atomic mass is 10.1. The molecular weight excluding hydrogens is 218 g/mol. The highest BCUT2D eigenvalue weighted by molar-refractivity contribution is 7.99. The normalized spacial score (nSPS) is 10.3. The van der Waals surface area contributed by atoms with Crippen molar-refractivity contribution >= 4 is 17.7 Å². The van der Waals surface area contributed by atoms with E-state index in [-0.39, 0.29) is 0 Å².